The van der Waals surface area contributed by atoms with Crippen LogP contribution in [0, 0.1) is 0 Å². The molecule has 2 N–H and O–H groups in total. The maximum atomic E-state index is 12.1. The number of carbonyl (C=O) groups excluding carboxylic acids is 2. The second kappa shape index (κ2) is 4.23. The fraction of sp³-hybridized carbons (Fsp3) is 0.615. The molecule has 1 aromatic heterocycles. The van der Waals surface area contributed by atoms with Crippen LogP contribution < -0.4 is 5.73 Å². The van der Waals surface area contributed by atoms with Gasteiger partial charge in [-0.1, -0.05) is 20.8 Å². The van der Waals surface area contributed by atoms with Gasteiger partial charge in [-0.15, -0.1) is 0 Å². The number of aromatic nitrogens is 2. The minimum absolute atomic E-state index is 0.0473. The Bertz CT molecular complexity index is 509. The molecule has 0 aliphatic heterocycles. The number of carbonyl (C=O) groups is 2. The van der Waals surface area contributed by atoms with E-state index in [9.17, 15) is 9.59 Å². The normalized spacial score (nSPS) is 15.6. The van der Waals surface area contributed by atoms with Crippen LogP contribution in [0.15, 0.2) is 0 Å². The number of nitrogens with zero attached hydrogens (tertiary/aromatic N) is 2. The maximum Gasteiger partial charge on any atom is 0.239 e. The molecule has 0 saturated carbocycles. The molecule has 0 bridgehead atoms. The summed E-state index contributed by atoms with van der Waals surface area (Å²) in [6, 6.07) is 0. The lowest BCUT2D eigenvalue weighted by molar-refractivity contribution is -0.118. The van der Waals surface area contributed by atoms with Gasteiger partial charge in [0, 0.05) is 11.8 Å². The molecule has 0 fully saturated rings. The number of amides is 1. The Labute approximate surface area is 106 Å². The van der Waals surface area contributed by atoms with Crippen LogP contribution in [-0.4, -0.2) is 21.5 Å². The lowest BCUT2D eigenvalue weighted by Gasteiger charge is -2.19. The van der Waals surface area contributed by atoms with E-state index in [4.69, 9.17) is 5.73 Å². The van der Waals surface area contributed by atoms with Gasteiger partial charge in [-0.25, -0.2) is 0 Å². The zero-order valence-electron chi connectivity index (χ0n) is 11.1. The van der Waals surface area contributed by atoms with Crippen molar-refractivity contribution in [3.05, 3.63) is 17.0 Å². The molecular formula is C13H19N3O2. The molecule has 0 saturated heterocycles. The summed E-state index contributed by atoms with van der Waals surface area (Å²) in [5, 5.41) is 4.45. The Morgan fingerprint density at radius 3 is 2.61 bits per heavy atom. The third-order valence-electron chi connectivity index (χ3n) is 3.17. The SMILES string of the molecule is CC(C)(C)c1nn(CC(N)=O)c2c1C(=O)CCC2. The van der Waals surface area contributed by atoms with Crippen LogP contribution >= 0.6 is 0 Å². The van der Waals surface area contributed by atoms with Crippen LogP contribution in [0.1, 0.15) is 55.4 Å². The van der Waals surface area contributed by atoms with Crippen molar-refractivity contribution in [2.45, 2.75) is 52.0 Å². The zero-order valence-corrected chi connectivity index (χ0v) is 11.1. The fourth-order valence-corrected chi connectivity index (χ4v) is 2.39. The van der Waals surface area contributed by atoms with E-state index in [1.807, 2.05) is 20.8 Å². The lowest BCUT2D eigenvalue weighted by atomic mass is 9.84. The van der Waals surface area contributed by atoms with Crippen LogP contribution in [0.2, 0.25) is 0 Å². The summed E-state index contributed by atoms with van der Waals surface area (Å²) < 4.78 is 1.61. The van der Waals surface area contributed by atoms with Gasteiger partial charge in [0.05, 0.1) is 17.0 Å². The molecule has 0 radical (unpaired) electrons. The first-order chi connectivity index (χ1) is 8.30. The molecule has 1 aliphatic rings. The smallest absolute Gasteiger partial charge is 0.239 e. The van der Waals surface area contributed by atoms with E-state index in [-0.39, 0.29) is 17.7 Å². The topological polar surface area (TPSA) is 78.0 Å². The molecule has 1 amide bonds. The molecule has 2 rings (SSSR count). The van der Waals surface area contributed by atoms with Crippen LogP contribution in [0.5, 0.6) is 0 Å². The highest BCUT2D eigenvalue weighted by molar-refractivity contribution is 5.99. The molecule has 18 heavy (non-hydrogen) atoms. The number of rotatable bonds is 2. The molecule has 1 heterocycles. The molecule has 5 nitrogen and oxygen atoms in total. The maximum absolute atomic E-state index is 12.1. The molecule has 98 valence electrons. The predicted molar refractivity (Wildman–Crippen MR) is 67.4 cm³/mol. The van der Waals surface area contributed by atoms with E-state index in [0.717, 1.165) is 29.8 Å². The summed E-state index contributed by atoms with van der Waals surface area (Å²) in [4.78, 5) is 23.2. The fourth-order valence-electron chi connectivity index (χ4n) is 2.39. The van der Waals surface area contributed by atoms with Crippen molar-refractivity contribution in [1.82, 2.24) is 9.78 Å². The number of Topliss-reactive ketones (excluding diaryl/α,β-unsaturated/α-hetero) is 1. The summed E-state index contributed by atoms with van der Waals surface area (Å²) in [5.74, 6) is -0.296. The van der Waals surface area contributed by atoms with E-state index < -0.39 is 5.91 Å². The van der Waals surface area contributed by atoms with Gasteiger partial charge in [0.15, 0.2) is 5.78 Å². The van der Waals surface area contributed by atoms with E-state index in [1.165, 1.54) is 0 Å². The monoisotopic (exact) mass is 249 g/mol. The van der Waals surface area contributed by atoms with Gasteiger partial charge in [0.25, 0.3) is 0 Å². The number of hydrogen-bond donors (Lipinski definition) is 1. The molecule has 0 unspecified atom stereocenters. The van der Waals surface area contributed by atoms with Gasteiger partial charge < -0.3 is 5.73 Å². The van der Waals surface area contributed by atoms with Crippen LogP contribution in [0.3, 0.4) is 0 Å². The van der Waals surface area contributed by atoms with Crippen LogP contribution in [0.25, 0.3) is 0 Å². The van der Waals surface area contributed by atoms with Crippen molar-refractivity contribution < 1.29 is 9.59 Å². The molecule has 5 heteroatoms. The lowest BCUT2D eigenvalue weighted by Crippen LogP contribution is -2.22. The summed E-state index contributed by atoms with van der Waals surface area (Å²) in [5.41, 5.74) is 7.39. The van der Waals surface area contributed by atoms with Crippen molar-refractivity contribution in [3.8, 4) is 0 Å². The molecule has 1 aliphatic carbocycles. The number of primary amides is 1. The van der Waals surface area contributed by atoms with E-state index in [1.54, 1.807) is 4.68 Å². The zero-order chi connectivity index (χ0) is 13.5. The number of nitrogens with two attached hydrogens (primary N) is 1. The molecule has 1 aromatic rings. The van der Waals surface area contributed by atoms with Crippen molar-refractivity contribution in [2.75, 3.05) is 0 Å². The Hall–Kier alpha value is -1.65. The predicted octanol–water partition coefficient (Wildman–Crippen LogP) is 1.18. The Balaban J connectivity index is 2.58. The minimum atomic E-state index is -0.432. The van der Waals surface area contributed by atoms with Gasteiger partial charge in [-0.3, -0.25) is 14.3 Å². The average Bonchev–Trinajstić information content (AvgIpc) is 2.57. The van der Waals surface area contributed by atoms with Crippen molar-refractivity contribution in [2.24, 2.45) is 5.73 Å². The van der Waals surface area contributed by atoms with E-state index in [2.05, 4.69) is 5.10 Å². The number of fused-ring (bicyclic) bond motifs is 1. The highest BCUT2D eigenvalue weighted by Crippen LogP contribution is 2.31. The highest BCUT2D eigenvalue weighted by atomic mass is 16.1. The Kier molecular flexibility index (Phi) is 3.00. The van der Waals surface area contributed by atoms with Gasteiger partial charge in [0.2, 0.25) is 5.91 Å². The van der Waals surface area contributed by atoms with Crippen molar-refractivity contribution in [3.63, 3.8) is 0 Å². The van der Waals surface area contributed by atoms with Crippen molar-refractivity contribution in [1.29, 1.82) is 0 Å². The Morgan fingerprint density at radius 1 is 1.39 bits per heavy atom. The van der Waals surface area contributed by atoms with Gasteiger partial charge in [-0.05, 0) is 12.8 Å². The van der Waals surface area contributed by atoms with E-state index in [0.29, 0.717) is 6.42 Å². The Morgan fingerprint density at radius 2 is 2.06 bits per heavy atom. The summed E-state index contributed by atoms with van der Waals surface area (Å²) in [7, 11) is 0. The average molecular weight is 249 g/mol. The highest BCUT2D eigenvalue weighted by Gasteiger charge is 2.32. The molecule has 0 aromatic carbocycles. The quantitative estimate of drug-likeness (QED) is 0.855. The first-order valence-electron chi connectivity index (χ1n) is 6.22. The van der Waals surface area contributed by atoms with Crippen LogP contribution in [0.4, 0.5) is 0 Å². The molecule has 0 spiro atoms. The van der Waals surface area contributed by atoms with Gasteiger partial charge in [0.1, 0.15) is 6.54 Å². The summed E-state index contributed by atoms with van der Waals surface area (Å²) >= 11 is 0. The summed E-state index contributed by atoms with van der Waals surface area (Å²) in [6.07, 6.45) is 2.18. The van der Waals surface area contributed by atoms with Gasteiger partial charge in [-0.2, -0.15) is 5.10 Å². The second-order valence-corrected chi connectivity index (χ2v) is 5.82. The van der Waals surface area contributed by atoms with Crippen molar-refractivity contribution >= 4 is 11.7 Å². The second-order valence-electron chi connectivity index (χ2n) is 5.82. The third kappa shape index (κ3) is 2.17. The molecular weight excluding hydrogens is 230 g/mol. The summed E-state index contributed by atoms with van der Waals surface area (Å²) in [6.45, 7) is 6.11. The van der Waals surface area contributed by atoms with Crippen LogP contribution in [-0.2, 0) is 23.2 Å². The standard InChI is InChI=1S/C13H19N3O2/c1-13(2,3)12-11-8(5-4-6-9(11)17)16(15-12)7-10(14)18/h4-7H2,1-3H3,(H2,14,18). The minimum Gasteiger partial charge on any atom is -0.368 e. The van der Waals surface area contributed by atoms with Gasteiger partial charge >= 0.3 is 0 Å². The first kappa shape index (κ1) is 12.8. The number of hydrogen-bond acceptors (Lipinski definition) is 3. The first-order valence-corrected chi connectivity index (χ1v) is 6.22. The third-order valence-corrected chi connectivity index (χ3v) is 3.17. The largest absolute Gasteiger partial charge is 0.368 e. The molecule has 0 atom stereocenters. The van der Waals surface area contributed by atoms with E-state index >= 15 is 0 Å². The number of ketones is 1.